The van der Waals surface area contributed by atoms with Crippen LogP contribution < -0.4 is 5.46 Å². The first-order valence-electron chi connectivity index (χ1n) is 9.35. The summed E-state index contributed by atoms with van der Waals surface area (Å²) in [6.07, 6.45) is 0. The molecule has 0 saturated carbocycles. The summed E-state index contributed by atoms with van der Waals surface area (Å²) in [5, 5.41) is 23.9. The van der Waals surface area contributed by atoms with Crippen molar-refractivity contribution in [2.45, 2.75) is 0 Å². The molecule has 2 heterocycles. The van der Waals surface area contributed by atoms with E-state index in [1.165, 1.54) is 28.9 Å². The Hall–Kier alpha value is -2.10. The van der Waals surface area contributed by atoms with E-state index in [-0.39, 0.29) is 14.5 Å². The fourth-order valence-electron chi connectivity index (χ4n) is 3.65. The molecular weight excluding hydrogens is 489 g/mol. The molecule has 2 nitrogen and oxygen atoms in total. The van der Waals surface area contributed by atoms with Gasteiger partial charge in [-0.3, -0.25) is 0 Å². The fourth-order valence-corrected chi connectivity index (χ4v) is 8.56. The molecule has 0 fully saturated rings. The first kappa shape index (κ1) is 18.9. The third-order valence-corrected chi connectivity index (χ3v) is 10.0. The maximum absolute atomic E-state index is 9.33. The molecule has 4 aromatic carbocycles. The van der Waals surface area contributed by atoms with Crippen LogP contribution in [0.5, 0.6) is 0 Å². The standard InChI is InChI=1S/C12H9BO2Se.C12H8Se/c14-13(15)10-6-3-5-9-8-4-1-2-7-11(8)16-12(9)10;1-3-7-11-9(5-1)10-6-2-4-8-12(10)13-11/h1-7,14-15H;1-8H. The molecule has 0 bridgehead atoms. The van der Waals surface area contributed by atoms with Crippen LogP contribution in [-0.4, -0.2) is 46.2 Å². The summed E-state index contributed by atoms with van der Waals surface area (Å²) in [7, 11) is -1.37. The van der Waals surface area contributed by atoms with Crippen molar-refractivity contribution in [1.29, 1.82) is 0 Å². The average molecular weight is 506 g/mol. The van der Waals surface area contributed by atoms with E-state index in [4.69, 9.17) is 0 Å². The molecule has 0 unspecified atom stereocenters. The van der Waals surface area contributed by atoms with E-state index in [0.717, 1.165) is 9.65 Å². The molecule has 0 radical (unpaired) electrons. The Morgan fingerprint density at radius 1 is 0.483 bits per heavy atom. The molecule has 0 spiro atoms. The van der Waals surface area contributed by atoms with Crippen LogP contribution in [0.25, 0.3) is 38.6 Å². The third-order valence-electron chi connectivity index (χ3n) is 5.00. The molecule has 6 rings (SSSR count). The van der Waals surface area contributed by atoms with Gasteiger partial charge in [-0.2, -0.15) is 0 Å². The van der Waals surface area contributed by atoms with Crippen molar-refractivity contribution in [1.82, 2.24) is 0 Å². The molecule has 0 aliphatic heterocycles. The van der Waals surface area contributed by atoms with Gasteiger partial charge in [-0.25, -0.2) is 0 Å². The van der Waals surface area contributed by atoms with Crippen molar-refractivity contribution in [3.63, 3.8) is 0 Å². The average Bonchev–Trinajstić information content (AvgIpc) is 3.32. The number of hydrogen-bond acceptors (Lipinski definition) is 2. The molecule has 2 N–H and O–H groups in total. The van der Waals surface area contributed by atoms with Gasteiger partial charge in [0.1, 0.15) is 0 Å². The van der Waals surface area contributed by atoms with E-state index in [2.05, 4.69) is 66.7 Å². The van der Waals surface area contributed by atoms with E-state index < -0.39 is 7.12 Å². The van der Waals surface area contributed by atoms with Crippen LogP contribution in [0.2, 0.25) is 0 Å². The molecule has 140 valence electrons. The van der Waals surface area contributed by atoms with Crippen molar-refractivity contribution in [3.05, 3.63) is 91.0 Å². The molecule has 29 heavy (non-hydrogen) atoms. The number of fused-ring (bicyclic) bond motifs is 6. The second-order valence-corrected chi connectivity index (χ2v) is 11.3. The predicted octanol–water partition coefficient (Wildman–Crippen LogP) is 3.78. The van der Waals surface area contributed by atoms with Crippen LogP contribution in [-0.2, 0) is 0 Å². The number of benzene rings is 4. The van der Waals surface area contributed by atoms with Gasteiger partial charge in [0.25, 0.3) is 0 Å². The fraction of sp³-hybridized carbons (Fsp3) is 0. The minimum atomic E-state index is -1.37. The number of rotatable bonds is 1. The summed E-state index contributed by atoms with van der Waals surface area (Å²) >= 11 is 0.722. The molecular formula is C24H17BO2Se2. The number of hydrogen-bond donors (Lipinski definition) is 2. The van der Waals surface area contributed by atoms with Crippen molar-refractivity contribution in [3.8, 4) is 0 Å². The van der Waals surface area contributed by atoms with Crippen molar-refractivity contribution in [2.75, 3.05) is 0 Å². The van der Waals surface area contributed by atoms with Crippen LogP contribution in [0, 0.1) is 0 Å². The zero-order chi connectivity index (χ0) is 19.8. The summed E-state index contributed by atoms with van der Waals surface area (Å²) < 4.78 is 5.47. The molecule has 5 heteroatoms. The first-order valence-corrected chi connectivity index (χ1v) is 12.8. The molecule has 0 atom stereocenters. The van der Waals surface area contributed by atoms with Crippen LogP contribution in [0.4, 0.5) is 0 Å². The Bertz CT molecular complexity index is 1400. The molecule has 2 aromatic heterocycles. The van der Waals surface area contributed by atoms with Gasteiger partial charge < -0.3 is 0 Å². The molecule has 0 aliphatic rings. The Morgan fingerprint density at radius 3 is 1.48 bits per heavy atom. The van der Waals surface area contributed by atoms with Gasteiger partial charge in [0.05, 0.1) is 0 Å². The SMILES string of the molecule is OB(O)c1cccc2c1[se]c1ccccc12.c1ccc2c(c1)[se]c1ccccc12. The van der Waals surface area contributed by atoms with Gasteiger partial charge in [-0.15, -0.1) is 0 Å². The van der Waals surface area contributed by atoms with E-state index in [1.807, 2.05) is 18.2 Å². The van der Waals surface area contributed by atoms with Gasteiger partial charge in [0.2, 0.25) is 0 Å². The van der Waals surface area contributed by atoms with Crippen LogP contribution >= 0.6 is 0 Å². The third kappa shape index (κ3) is 3.51. The molecule has 0 aliphatic carbocycles. The summed E-state index contributed by atoms with van der Waals surface area (Å²) in [5.74, 6) is 0. The van der Waals surface area contributed by atoms with Crippen molar-refractivity contribution >= 4 is 80.2 Å². The monoisotopic (exact) mass is 508 g/mol. The van der Waals surface area contributed by atoms with Crippen LogP contribution in [0.15, 0.2) is 91.0 Å². The Kier molecular flexibility index (Phi) is 5.19. The Morgan fingerprint density at radius 2 is 0.931 bits per heavy atom. The Labute approximate surface area is 180 Å². The summed E-state index contributed by atoms with van der Waals surface area (Å²) in [4.78, 5) is 0. The van der Waals surface area contributed by atoms with Crippen LogP contribution in [0.1, 0.15) is 0 Å². The van der Waals surface area contributed by atoms with E-state index >= 15 is 0 Å². The summed E-state index contributed by atoms with van der Waals surface area (Å²) in [6.45, 7) is 0. The Balaban J connectivity index is 0.000000128. The normalized spacial score (nSPS) is 11.1. The quantitative estimate of drug-likeness (QED) is 0.334. The summed E-state index contributed by atoms with van der Waals surface area (Å²) in [5.41, 5.74) is 0.647. The molecule has 0 saturated heterocycles. The van der Waals surface area contributed by atoms with Gasteiger partial charge >= 0.3 is 181 Å². The predicted molar refractivity (Wildman–Crippen MR) is 127 cm³/mol. The van der Waals surface area contributed by atoms with Gasteiger partial charge in [0, 0.05) is 0 Å². The second kappa shape index (κ2) is 7.97. The van der Waals surface area contributed by atoms with Gasteiger partial charge in [0.15, 0.2) is 0 Å². The zero-order valence-corrected chi connectivity index (χ0v) is 18.9. The van der Waals surface area contributed by atoms with Crippen molar-refractivity contribution < 1.29 is 10.0 Å². The second-order valence-electron chi connectivity index (χ2n) is 6.79. The topological polar surface area (TPSA) is 40.5 Å². The van der Waals surface area contributed by atoms with E-state index in [0.29, 0.717) is 20.0 Å². The summed E-state index contributed by atoms with van der Waals surface area (Å²) in [6, 6.07) is 31.4. The van der Waals surface area contributed by atoms with Crippen molar-refractivity contribution in [2.24, 2.45) is 0 Å². The molecule has 6 aromatic rings. The van der Waals surface area contributed by atoms with Crippen LogP contribution in [0.3, 0.4) is 0 Å². The van der Waals surface area contributed by atoms with Gasteiger partial charge in [-0.1, -0.05) is 0 Å². The zero-order valence-electron chi connectivity index (χ0n) is 15.4. The minimum absolute atomic E-state index is 0.187. The van der Waals surface area contributed by atoms with E-state index in [1.54, 1.807) is 6.07 Å². The van der Waals surface area contributed by atoms with E-state index in [9.17, 15) is 10.0 Å². The van der Waals surface area contributed by atoms with Gasteiger partial charge in [-0.05, 0) is 0 Å². The molecule has 0 amide bonds. The first-order chi connectivity index (χ1) is 14.2. The maximum atomic E-state index is 9.33.